The molecular formula is C15H15FN2O2. The molecule has 0 fully saturated rings. The van der Waals surface area contributed by atoms with Gasteiger partial charge in [0.1, 0.15) is 5.82 Å². The van der Waals surface area contributed by atoms with Crippen LogP contribution < -0.4 is 10.1 Å². The highest BCUT2D eigenvalue weighted by atomic mass is 19.1. The van der Waals surface area contributed by atoms with Crippen LogP contribution >= 0.6 is 0 Å². The molecule has 0 atom stereocenters. The van der Waals surface area contributed by atoms with Crippen LogP contribution in [0.1, 0.15) is 22.8 Å². The summed E-state index contributed by atoms with van der Waals surface area (Å²) in [5.74, 6) is -0.568. The second-order valence-electron chi connectivity index (χ2n) is 4.26. The maximum absolute atomic E-state index is 13.7. The van der Waals surface area contributed by atoms with Crippen molar-refractivity contribution in [1.82, 2.24) is 4.98 Å². The van der Waals surface area contributed by atoms with Crippen LogP contribution in [0.2, 0.25) is 0 Å². The summed E-state index contributed by atoms with van der Waals surface area (Å²) in [6.07, 6.45) is 1.47. The molecule has 104 valence electrons. The highest BCUT2D eigenvalue weighted by molar-refractivity contribution is 6.04. The van der Waals surface area contributed by atoms with Crippen LogP contribution in [0.4, 0.5) is 10.1 Å². The summed E-state index contributed by atoms with van der Waals surface area (Å²) in [6.45, 7) is 4.14. The number of nitrogens with zero attached hydrogens (tertiary/aromatic N) is 1. The van der Waals surface area contributed by atoms with E-state index in [2.05, 4.69) is 10.3 Å². The highest BCUT2D eigenvalue weighted by Crippen LogP contribution is 2.15. The van der Waals surface area contributed by atoms with Crippen molar-refractivity contribution < 1.29 is 13.9 Å². The summed E-state index contributed by atoms with van der Waals surface area (Å²) >= 11 is 0. The fourth-order valence-corrected chi connectivity index (χ4v) is 1.69. The molecule has 0 aliphatic carbocycles. The van der Waals surface area contributed by atoms with Crippen LogP contribution in [0.15, 0.2) is 36.5 Å². The van der Waals surface area contributed by atoms with Crippen molar-refractivity contribution in [2.45, 2.75) is 13.8 Å². The Labute approximate surface area is 116 Å². The fraction of sp³-hybridized carbons (Fsp3) is 0.200. The van der Waals surface area contributed by atoms with E-state index in [9.17, 15) is 9.18 Å². The van der Waals surface area contributed by atoms with Gasteiger partial charge in [-0.05, 0) is 37.6 Å². The number of amides is 1. The Bertz CT molecular complexity index is 612. The van der Waals surface area contributed by atoms with Crippen molar-refractivity contribution in [1.29, 1.82) is 0 Å². The average molecular weight is 274 g/mol. The number of benzene rings is 1. The van der Waals surface area contributed by atoms with Crippen molar-refractivity contribution >= 4 is 11.6 Å². The van der Waals surface area contributed by atoms with Gasteiger partial charge in [-0.2, -0.15) is 0 Å². The SMILES string of the molecule is CCOc1ccc(NC(=O)c2ccc(C)cc2F)cn1. The smallest absolute Gasteiger partial charge is 0.258 e. The molecule has 20 heavy (non-hydrogen) atoms. The average Bonchev–Trinajstić information content (AvgIpc) is 2.41. The van der Waals surface area contributed by atoms with E-state index < -0.39 is 11.7 Å². The number of anilines is 1. The topological polar surface area (TPSA) is 51.2 Å². The Morgan fingerprint density at radius 1 is 1.35 bits per heavy atom. The fourth-order valence-electron chi connectivity index (χ4n) is 1.69. The summed E-state index contributed by atoms with van der Waals surface area (Å²) in [4.78, 5) is 16.0. The zero-order chi connectivity index (χ0) is 14.5. The van der Waals surface area contributed by atoms with Crippen molar-refractivity contribution in [3.8, 4) is 5.88 Å². The van der Waals surface area contributed by atoms with Gasteiger partial charge in [0.25, 0.3) is 5.91 Å². The first kappa shape index (κ1) is 14.0. The first-order valence-corrected chi connectivity index (χ1v) is 6.26. The Hall–Kier alpha value is -2.43. The van der Waals surface area contributed by atoms with E-state index in [0.29, 0.717) is 18.2 Å². The van der Waals surface area contributed by atoms with Crippen LogP contribution in [0.5, 0.6) is 5.88 Å². The first-order chi connectivity index (χ1) is 9.60. The lowest BCUT2D eigenvalue weighted by Gasteiger charge is -2.07. The Kier molecular flexibility index (Phi) is 4.30. The molecule has 5 heteroatoms. The zero-order valence-electron chi connectivity index (χ0n) is 11.3. The summed E-state index contributed by atoms with van der Waals surface area (Å²) in [5, 5.41) is 2.59. The minimum atomic E-state index is -0.540. The quantitative estimate of drug-likeness (QED) is 0.931. The third-order valence-electron chi connectivity index (χ3n) is 2.66. The van der Waals surface area contributed by atoms with E-state index in [1.165, 1.54) is 18.3 Å². The number of rotatable bonds is 4. The third-order valence-corrected chi connectivity index (χ3v) is 2.66. The molecular weight excluding hydrogens is 259 g/mol. The van der Waals surface area contributed by atoms with Crippen molar-refractivity contribution in [2.24, 2.45) is 0 Å². The molecule has 0 bridgehead atoms. The van der Waals surface area contributed by atoms with E-state index >= 15 is 0 Å². The van der Waals surface area contributed by atoms with Gasteiger partial charge in [0.2, 0.25) is 5.88 Å². The number of aromatic nitrogens is 1. The number of carbonyl (C=O) groups is 1. The lowest BCUT2D eigenvalue weighted by Crippen LogP contribution is -2.14. The summed E-state index contributed by atoms with van der Waals surface area (Å²) in [7, 11) is 0. The van der Waals surface area contributed by atoms with Crippen LogP contribution in [-0.4, -0.2) is 17.5 Å². The maximum Gasteiger partial charge on any atom is 0.258 e. The molecule has 1 amide bonds. The van der Waals surface area contributed by atoms with Gasteiger partial charge in [0.15, 0.2) is 0 Å². The predicted molar refractivity (Wildman–Crippen MR) is 74.5 cm³/mol. The molecule has 0 unspecified atom stereocenters. The number of ether oxygens (including phenoxy) is 1. The summed E-state index contributed by atoms with van der Waals surface area (Å²) in [6, 6.07) is 7.77. The lowest BCUT2D eigenvalue weighted by molar-refractivity contribution is 0.102. The number of hydrogen-bond donors (Lipinski definition) is 1. The molecule has 0 aliphatic rings. The Morgan fingerprint density at radius 2 is 2.15 bits per heavy atom. The van der Waals surface area contributed by atoms with Gasteiger partial charge in [-0.25, -0.2) is 9.37 Å². The normalized spacial score (nSPS) is 10.2. The molecule has 4 nitrogen and oxygen atoms in total. The number of carbonyl (C=O) groups excluding carboxylic acids is 1. The number of hydrogen-bond acceptors (Lipinski definition) is 3. The molecule has 0 saturated carbocycles. The minimum Gasteiger partial charge on any atom is -0.478 e. The van der Waals surface area contributed by atoms with Gasteiger partial charge in [-0.3, -0.25) is 4.79 Å². The molecule has 0 radical (unpaired) electrons. The Balaban J connectivity index is 2.11. The van der Waals surface area contributed by atoms with Gasteiger partial charge in [-0.15, -0.1) is 0 Å². The maximum atomic E-state index is 13.7. The summed E-state index contributed by atoms with van der Waals surface area (Å²) in [5.41, 5.74) is 1.25. The van der Waals surface area contributed by atoms with E-state index in [1.807, 2.05) is 6.92 Å². The van der Waals surface area contributed by atoms with Crippen molar-refractivity contribution in [3.63, 3.8) is 0 Å². The van der Waals surface area contributed by atoms with Gasteiger partial charge in [0, 0.05) is 6.07 Å². The molecule has 1 heterocycles. The largest absolute Gasteiger partial charge is 0.478 e. The molecule has 2 aromatic rings. The van der Waals surface area contributed by atoms with E-state index in [1.54, 1.807) is 25.1 Å². The van der Waals surface area contributed by atoms with Gasteiger partial charge in [-0.1, -0.05) is 6.07 Å². The number of aryl methyl sites for hydroxylation is 1. The molecule has 1 aromatic heterocycles. The van der Waals surface area contributed by atoms with Crippen LogP contribution in [0, 0.1) is 12.7 Å². The van der Waals surface area contributed by atoms with Crippen molar-refractivity contribution in [3.05, 3.63) is 53.5 Å². The van der Waals surface area contributed by atoms with E-state index in [4.69, 9.17) is 4.74 Å². The molecule has 2 rings (SSSR count). The minimum absolute atomic E-state index is 0.00415. The number of halogens is 1. The van der Waals surface area contributed by atoms with Crippen LogP contribution in [-0.2, 0) is 0 Å². The lowest BCUT2D eigenvalue weighted by atomic mass is 10.1. The molecule has 1 N–H and O–H groups in total. The second kappa shape index (κ2) is 6.14. The second-order valence-corrected chi connectivity index (χ2v) is 4.26. The molecule has 0 saturated heterocycles. The monoisotopic (exact) mass is 274 g/mol. The first-order valence-electron chi connectivity index (χ1n) is 6.26. The molecule has 1 aromatic carbocycles. The van der Waals surface area contributed by atoms with Gasteiger partial charge >= 0.3 is 0 Å². The van der Waals surface area contributed by atoms with Crippen LogP contribution in [0.25, 0.3) is 0 Å². The molecule has 0 spiro atoms. The number of pyridine rings is 1. The third kappa shape index (κ3) is 3.32. The number of nitrogens with one attached hydrogen (secondary N) is 1. The Morgan fingerprint density at radius 3 is 2.75 bits per heavy atom. The summed E-state index contributed by atoms with van der Waals surface area (Å²) < 4.78 is 18.9. The van der Waals surface area contributed by atoms with Gasteiger partial charge in [0.05, 0.1) is 24.1 Å². The van der Waals surface area contributed by atoms with E-state index in [0.717, 1.165) is 5.56 Å². The van der Waals surface area contributed by atoms with E-state index in [-0.39, 0.29) is 5.56 Å². The van der Waals surface area contributed by atoms with Crippen molar-refractivity contribution in [2.75, 3.05) is 11.9 Å². The zero-order valence-corrected chi connectivity index (χ0v) is 11.3. The molecule has 0 aliphatic heterocycles. The predicted octanol–water partition coefficient (Wildman–Crippen LogP) is 3.18. The highest BCUT2D eigenvalue weighted by Gasteiger charge is 2.12. The van der Waals surface area contributed by atoms with Gasteiger partial charge < -0.3 is 10.1 Å². The van der Waals surface area contributed by atoms with Crippen LogP contribution in [0.3, 0.4) is 0 Å². The standard InChI is InChI=1S/C15H15FN2O2/c1-3-20-14-7-5-11(9-17-14)18-15(19)12-6-4-10(2)8-13(12)16/h4-9H,3H2,1-2H3,(H,18,19).